The minimum Gasteiger partial charge on any atom is -0.907 e. The van der Waals surface area contributed by atoms with Crippen LogP contribution in [0.1, 0.15) is 366 Å². The normalized spacial score (nSPS) is 17.1. The number of unbranched alkanes of at least 4 members (excludes halogenated alkanes) is 45. The summed E-state index contributed by atoms with van der Waals surface area (Å²) in [5.74, 6) is 0. The van der Waals surface area contributed by atoms with Crippen molar-refractivity contribution in [3.8, 4) is 0 Å². The molecule has 13 heteroatoms. The zero-order valence-corrected chi connectivity index (χ0v) is 60.8. The molecule has 88 heavy (non-hydrogen) atoms. The molecule has 504 valence electrons. The van der Waals surface area contributed by atoms with Crippen molar-refractivity contribution in [1.82, 2.24) is 0 Å². The van der Waals surface area contributed by atoms with E-state index in [0.717, 1.165) is 54.1 Å². The third-order valence-electron chi connectivity index (χ3n) is 19.2. The lowest BCUT2D eigenvalue weighted by atomic mass is 10.0. The molecular weight excluding hydrogens is 1140 g/mol. The molecule has 0 saturated heterocycles. The van der Waals surface area contributed by atoms with Crippen LogP contribution in [0.5, 0.6) is 0 Å². The molecule has 6 rings (SSSR count). The van der Waals surface area contributed by atoms with E-state index in [1.54, 1.807) is 0 Å². The highest BCUT2D eigenvalue weighted by molar-refractivity contribution is 7.70. The summed E-state index contributed by atoms with van der Waals surface area (Å²) in [5, 5.41) is 25.2. The molecular formula is C75H135BN3O6P3. The van der Waals surface area contributed by atoms with Gasteiger partial charge in [0.1, 0.15) is 0 Å². The van der Waals surface area contributed by atoms with Crippen molar-refractivity contribution in [1.29, 1.82) is 0 Å². The van der Waals surface area contributed by atoms with Crippen molar-refractivity contribution in [2.24, 2.45) is 0 Å². The lowest BCUT2D eigenvalue weighted by molar-refractivity contribution is -0.479. The molecule has 0 radical (unpaired) electrons. The summed E-state index contributed by atoms with van der Waals surface area (Å²) in [6, 6.07) is 13.1. The Morgan fingerprint density at radius 2 is 0.420 bits per heavy atom. The minimum atomic E-state index is -2.92. The third kappa shape index (κ3) is 34.3. The van der Waals surface area contributed by atoms with Crippen LogP contribution in [-0.4, -0.2) is 25.8 Å². The summed E-state index contributed by atoms with van der Waals surface area (Å²) < 4.78 is 43.2. The molecule has 9 nitrogen and oxygen atoms in total. The van der Waals surface area contributed by atoms with Gasteiger partial charge in [0, 0.05) is 36.4 Å². The molecule has 0 aromatic carbocycles. The van der Waals surface area contributed by atoms with Gasteiger partial charge >= 0.3 is 38.2 Å². The van der Waals surface area contributed by atoms with Gasteiger partial charge in [-0.3, -0.25) is 7.32 Å². The van der Waals surface area contributed by atoms with E-state index in [-0.39, 0.29) is 0 Å². The maximum absolute atomic E-state index is 12.4. The van der Waals surface area contributed by atoms with Gasteiger partial charge in [0.2, 0.25) is 0 Å². The molecule has 3 aromatic rings. The Balaban J connectivity index is 0.000000334. The lowest BCUT2D eigenvalue weighted by Crippen LogP contribution is -2.56. The van der Waals surface area contributed by atoms with Crippen LogP contribution in [0.15, 0.2) is 55.0 Å². The Morgan fingerprint density at radius 3 is 0.568 bits per heavy atom. The zero-order valence-electron chi connectivity index (χ0n) is 58.1. The van der Waals surface area contributed by atoms with Gasteiger partial charge in [-0.05, 0) is 55.2 Å². The molecule has 0 amide bonds. The Bertz CT molecular complexity index is 2110. The minimum absolute atomic E-state index is 0.773. The van der Waals surface area contributed by atoms with Crippen LogP contribution in [0.3, 0.4) is 0 Å². The summed E-state index contributed by atoms with van der Waals surface area (Å²) in [4.78, 5) is 0. The van der Waals surface area contributed by atoms with E-state index in [0.29, 0.717) is 0 Å². The molecule has 3 aliphatic heterocycles. The van der Waals surface area contributed by atoms with Crippen LogP contribution >= 0.6 is 21.9 Å². The first-order chi connectivity index (χ1) is 42.9. The monoisotopic (exact) mass is 1280 g/mol. The van der Waals surface area contributed by atoms with Crippen LogP contribution in [0, 0.1) is 0 Å². The number of fused-ring (bicyclic) bond motifs is 3. The first kappa shape index (κ1) is 80.3. The SMILES string of the molecule is CCCCCCCCCCCCCCCCCCc1cc[n+]2c(c1)P2(=O)CC.CCCCCCCCCCCCCCCCCCc1cc[n+]2c(c1)P2(=O)CC.CCCCCCCCCCCCCCCCCCc1cc[n+]2c(c1)P2(=O)CC.[O-]B([O-])[O-]. The number of aryl methyl sites for hydroxylation is 3. The first-order valence-corrected chi connectivity index (χ1v) is 43.4. The van der Waals surface area contributed by atoms with Crippen LogP contribution in [0.25, 0.3) is 0 Å². The molecule has 0 bridgehead atoms. The second-order valence-electron chi connectivity index (χ2n) is 26.7. The number of rotatable bonds is 54. The van der Waals surface area contributed by atoms with Gasteiger partial charge in [-0.2, -0.15) is 0 Å². The first-order valence-electron chi connectivity index (χ1n) is 37.8. The molecule has 3 aliphatic rings. The highest BCUT2D eigenvalue weighted by Gasteiger charge is 2.59. The van der Waals surface area contributed by atoms with Gasteiger partial charge in [-0.15, -0.1) is 13.0 Å². The van der Waals surface area contributed by atoms with Crippen molar-refractivity contribution in [2.45, 2.75) is 369 Å². The molecule has 3 unspecified atom stereocenters. The quantitative estimate of drug-likeness (QED) is 0.0314. The number of nitrogens with zero attached hydrogens (tertiary/aromatic N) is 3. The molecule has 3 atom stereocenters. The van der Waals surface area contributed by atoms with Gasteiger partial charge in [-0.1, -0.05) is 330 Å². The summed E-state index contributed by atoms with van der Waals surface area (Å²) in [5.41, 5.74) is 7.44. The van der Waals surface area contributed by atoms with Gasteiger partial charge in [0.25, 0.3) is 0 Å². The lowest BCUT2D eigenvalue weighted by Gasteiger charge is -2.35. The number of hydrogen-bond donors (Lipinski definition) is 0. The Morgan fingerprint density at radius 1 is 0.273 bits per heavy atom. The van der Waals surface area contributed by atoms with Gasteiger partial charge < -0.3 is 15.1 Å². The predicted octanol–water partition coefficient (Wildman–Crippen LogP) is 18.7. The average molecular weight is 1280 g/mol. The van der Waals surface area contributed by atoms with Gasteiger partial charge in [0.05, 0.1) is 18.5 Å². The second-order valence-corrected chi connectivity index (χ2v) is 35.5. The van der Waals surface area contributed by atoms with E-state index in [1.165, 1.54) is 325 Å². The molecule has 0 N–H and O–H groups in total. The Hall–Kier alpha value is -1.92. The molecule has 0 aliphatic carbocycles. The van der Waals surface area contributed by atoms with E-state index >= 15 is 0 Å². The van der Waals surface area contributed by atoms with E-state index in [2.05, 4.69) is 57.2 Å². The fourth-order valence-electron chi connectivity index (χ4n) is 13.0. The standard InChI is InChI=1S/3C25H45NOP.BO3/c3*1-3-5-6-7-8-9-10-11-12-13-14-15-16-17-18-19-20-24-21-22-26-25(23-24)28(26,27)4-2;2-1(3)4/h3*21-23H,3-20H2,1-2H3;/q3*+1;-3. The van der Waals surface area contributed by atoms with Gasteiger partial charge in [-0.25, -0.2) is 13.7 Å². The van der Waals surface area contributed by atoms with Crippen LogP contribution < -0.4 is 44.4 Å². The highest BCUT2D eigenvalue weighted by Crippen LogP contribution is 2.49. The Kier molecular flexibility index (Phi) is 46.1. The van der Waals surface area contributed by atoms with Crippen molar-refractivity contribution in [3.05, 3.63) is 71.7 Å². The fraction of sp³-hybridized carbons (Fsp3) is 0.800. The van der Waals surface area contributed by atoms with Crippen molar-refractivity contribution >= 4 is 45.5 Å². The summed E-state index contributed by atoms with van der Waals surface area (Å²) in [6.45, 7) is 13.0. The molecule has 0 fully saturated rings. The summed E-state index contributed by atoms with van der Waals surface area (Å²) in [7, 11) is -9.16. The average Bonchev–Trinajstić information content (AvgIpc) is 1.67. The fourth-order valence-corrected chi connectivity index (χ4v) is 19.7. The van der Waals surface area contributed by atoms with Crippen molar-refractivity contribution < 1.29 is 41.8 Å². The Labute approximate surface area is 543 Å². The topological polar surface area (TPSA) is 132 Å². The number of hydrogen-bond acceptors (Lipinski definition) is 6. The van der Waals surface area contributed by atoms with E-state index in [1.807, 2.05) is 52.4 Å². The predicted molar refractivity (Wildman–Crippen MR) is 375 cm³/mol. The smallest absolute Gasteiger partial charge is 0.412 e. The van der Waals surface area contributed by atoms with Crippen molar-refractivity contribution in [2.75, 3.05) is 18.5 Å². The zero-order chi connectivity index (χ0) is 63.8. The largest absolute Gasteiger partial charge is 0.907 e. The maximum atomic E-state index is 12.4. The third-order valence-corrected chi connectivity index (χ3v) is 27.5. The molecule has 3 aromatic heterocycles. The molecule has 0 spiro atoms. The maximum Gasteiger partial charge on any atom is 0.412 e. The summed E-state index contributed by atoms with van der Waals surface area (Å²) >= 11 is 0. The van der Waals surface area contributed by atoms with Crippen molar-refractivity contribution in [3.63, 3.8) is 0 Å². The molecule has 6 heterocycles. The van der Waals surface area contributed by atoms with E-state index in [9.17, 15) is 13.7 Å². The number of pyridine rings is 3. The van der Waals surface area contributed by atoms with E-state index < -0.39 is 29.2 Å². The van der Waals surface area contributed by atoms with Crippen LogP contribution in [-0.2, 0) is 33.0 Å². The van der Waals surface area contributed by atoms with Gasteiger partial charge in [0.15, 0.2) is 18.6 Å². The highest BCUT2D eigenvalue weighted by atomic mass is 31.2. The van der Waals surface area contributed by atoms with Crippen LogP contribution in [0.4, 0.5) is 0 Å². The summed E-state index contributed by atoms with van der Waals surface area (Å²) in [6.07, 6.45) is 79.9. The molecule has 0 saturated carbocycles. The van der Waals surface area contributed by atoms with Crippen LogP contribution in [0.2, 0.25) is 0 Å². The second kappa shape index (κ2) is 50.6. The van der Waals surface area contributed by atoms with E-state index in [4.69, 9.17) is 15.1 Å². The number of aromatic nitrogens is 3.